The first-order chi connectivity index (χ1) is 10.1. The van der Waals surface area contributed by atoms with Gasteiger partial charge in [-0.15, -0.1) is 0 Å². The van der Waals surface area contributed by atoms with Crippen LogP contribution in [0.1, 0.15) is 34.9 Å². The van der Waals surface area contributed by atoms with Crippen molar-refractivity contribution in [3.8, 4) is 0 Å². The molecule has 108 valence electrons. The summed E-state index contributed by atoms with van der Waals surface area (Å²) < 4.78 is 26.1. The molecule has 0 atom stereocenters. The molecule has 3 rings (SSSR count). The highest BCUT2D eigenvalue weighted by molar-refractivity contribution is 7.90. The minimum absolute atomic E-state index is 0.0360. The Hall–Kier alpha value is -2.28. The van der Waals surface area contributed by atoms with Gasteiger partial charge in [0, 0.05) is 18.3 Å². The van der Waals surface area contributed by atoms with E-state index in [9.17, 15) is 13.2 Å². The lowest BCUT2D eigenvalue weighted by Crippen LogP contribution is -2.30. The Labute approximate surface area is 122 Å². The van der Waals surface area contributed by atoms with E-state index < -0.39 is 15.9 Å². The maximum atomic E-state index is 12.0. The van der Waals surface area contributed by atoms with Crippen LogP contribution >= 0.6 is 0 Å². The molecule has 0 saturated heterocycles. The van der Waals surface area contributed by atoms with Gasteiger partial charge in [0.2, 0.25) is 0 Å². The summed E-state index contributed by atoms with van der Waals surface area (Å²) in [5.74, 6) is 0.355. The Balaban J connectivity index is 1.76. The number of amides is 1. The fourth-order valence-electron chi connectivity index (χ4n) is 1.85. The van der Waals surface area contributed by atoms with Gasteiger partial charge in [-0.05, 0) is 25.0 Å². The van der Waals surface area contributed by atoms with E-state index >= 15 is 0 Å². The summed E-state index contributed by atoms with van der Waals surface area (Å²) in [6.07, 6.45) is 4.84. The smallest absolute Gasteiger partial charge is 0.268 e. The van der Waals surface area contributed by atoms with Gasteiger partial charge >= 0.3 is 0 Å². The monoisotopic (exact) mass is 303 g/mol. The van der Waals surface area contributed by atoms with Gasteiger partial charge in [-0.1, -0.05) is 18.2 Å². The van der Waals surface area contributed by atoms with E-state index in [2.05, 4.69) is 9.97 Å². The van der Waals surface area contributed by atoms with Crippen molar-refractivity contribution in [1.82, 2.24) is 14.7 Å². The SMILES string of the molecule is O=C(NS(=O)(=O)c1ccccc1)c1cnc(C2CC2)nc1. The van der Waals surface area contributed by atoms with Crippen LogP contribution in [-0.2, 0) is 10.0 Å². The van der Waals surface area contributed by atoms with E-state index in [-0.39, 0.29) is 10.5 Å². The lowest BCUT2D eigenvalue weighted by molar-refractivity contribution is 0.0980. The molecule has 0 aliphatic heterocycles. The summed E-state index contributed by atoms with van der Waals surface area (Å²) in [7, 11) is -3.88. The first kappa shape index (κ1) is 13.7. The number of benzene rings is 1. The molecule has 1 fully saturated rings. The van der Waals surface area contributed by atoms with Gasteiger partial charge in [-0.2, -0.15) is 0 Å². The lowest BCUT2D eigenvalue weighted by atomic mass is 10.3. The highest BCUT2D eigenvalue weighted by atomic mass is 32.2. The van der Waals surface area contributed by atoms with Crippen LogP contribution in [0, 0.1) is 0 Å². The average molecular weight is 303 g/mol. The quantitative estimate of drug-likeness (QED) is 0.924. The van der Waals surface area contributed by atoms with E-state index in [1.165, 1.54) is 24.5 Å². The Morgan fingerprint density at radius 1 is 1.10 bits per heavy atom. The van der Waals surface area contributed by atoms with Crippen molar-refractivity contribution in [2.24, 2.45) is 0 Å². The fraction of sp³-hybridized carbons (Fsp3) is 0.214. The van der Waals surface area contributed by atoms with Crippen molar-refractivity contribution in [2.45, 2.75) is 23.7 Å². The molecule has 1 aliphatic carbocycles. The molecule has 0 radical (unpaired) electrons. The van der Waals surface area contributed by atoms with E-state index in [1.54, 1.807) is 18.2 Å². The maximum absolute atomic E-state index is 12.0. The second kappa shape index (κ2) is 5.25. The second-order valence-electron chi connectivity index (χ2n) is 4.85. The molecule has 0 bridgehead atoms. The Morgan fingerprint density at radius 2 is 1.71 bits per heavy atom. The number of sulfonamides is 1. The normalized spacial score (nSPS) is 14.7. The molecular weight excluding hydrogens is 290 g/mol. The van der Waals surface area contributed by atoms with Crippen molar-refractivity contribution in [1.29, 1.82) is 0 Å². The molecule has 1 heterocycles. The molecule has 1 amide bonds. The molecule has 1 aromatic carbocycles. The van der Waals surface area contributed by atoms with E-state index in [1.807, 2.05) is 4.72 Å². The summed E-state index contributed by atoms with van der Waals surface area (Å²) >= 11 is 0. The van der Waals surface area contributed by atoms with Gasteiger partial charge in [0.15, 0.2) is 0 Å². The second-order valence-corrected chi connectivity index (χ2v) is 6.53. The number of nitrogens with one attached hydrogen (secondary N) is 1. The molecule has 2 aromatic rings. The van der Waals surface area contributed by atoms with Crippen molar-refractivity contribution in [2.75, 3.05) is 0 Å². The van der Waals surface area contributed by atoms with Crippen LogP contribution in [0.2, 0.25) is 0 Å². The van der Waals surface area contributed by atoms with Gasteiger partial charge in [-0.25, -0.2) is 23.1 Å². The number of aromatic nitrogens is 2. The van der Waals surface area contributed by atoms with Crippen LogP contribution in [0.25, 0.3) is 0 Å². The third-order valence-electron chi connectivity index (χ3n) is 3.16. The molecule has 1 N–H and O–H groups in total. The third-order valence-corrected chi connectivity index (χ3v) is 4.50. The highest BCUT2D eigenvalue weighted by Gasteiger charge is 2.26. The molecule has 0 unspecified atom stereocenters. The van der Waals surface area contributed by atoms with Crippen molar-refractivity contribution >= 4 is 15.9 Å². The van der Waals surface area contributed by atoms with Gasteiger partial charge in [0.25, 0.3) is 15.9 Å². The lowest BCUT2D eigenvalue weighted by Gasteiger charge is -2.06. The van der Waals surface area contributed by atoms with E-state index in [0.717, 1.165) is 12.8 Å². The van der Waals surface area contributed by atoms with Crippen LogP contribution in [0.4, 0.5) is 0 Å². The molecule has 1 aromatic heterocycles. The zero-order valence-corrected chi connectivity index (χ0v) is 11.9. The zero-order chi connectivity index (χ0) is 14.9. The average Bonchev–Trinajstić information content (AvgIpc) is 3.33. The predicted molar refractivity (Wildman–Crippen MR) is 75.1 cm³/mol. The Morgan fingerprint density at radius 3 is 2.29 bits per heavy atom. The van der Waals surface area contributed by atoms with E-state index in [4.69, 9.17) is 0 Å². The summed E-state index contributed by atoms with van der Waals surface area (Å²) in [5, 5.41) is 0. The number of carbonyl (C=O) groups excluding carboxylic acids is 1. The van der Waals surface area contributed by atoms with Gasteiger partial charge in [0.1, 0.15) is 5.82 Å². The van der Waals surface area contributed by atoms with E-state index in [0.29, 0.717) is 11.7 Å². The fourth-order valence-corrected chi connectivity index (χ4v) is 2.84. The number of carbonyl (C=O) groups is 1. The predicted octanol–water partition coefficient (Wildman–Crippen LogP) is 1.47. The zero-order valence-electron chi connectivity index (χ0n) is 11.1. The Kier molecular flexibility index (Phi) is 3.42. The van der Waals surface area contributed by atoms with Crippen LogP contribution in [0.5, 0.6) is 0 Å². The van der Waals surface area contributed by atoms with Crippen molar-refractivity contribution in [3.05, 3.63) is 54.1 Å². The third kappa shape index (κ3) is 3.08. The highest BCUT2D eigenvalue weighted by Crippen LogP contribution is 2.37. The summed E-state index contributed by atoms with van der Waals surface area (Å²) in [5.41, 5.74) is 0.124. The molecule has 1 saturated carbocycles. The summed E-state index contributed by atoms with van der Waals surface area (Å²) in [4.78, 5) is 20.2. The molecule has 0 spiro atoms. The molecule has 7 heteroatoms. The number of nitrogens with zero attached hydrogens (tertiary/aromatic N) is 2. The van der Waals surface area contributed by atoms with Crippen molar-refractivity contribution < 1.29 is 13.2 Å². The first-order valence-electron chi connectivity index (χ1n) is 6.50. The van der Waals surface area contributed by atoms with Crippen molar-refractivity contribution in [3.63, 3.8) is 0 Å². The minimum atomic E-state index is -3.88. The number of hydrogen-bond donors (Lipinski definition) is 1. The molecule has 6 nitrogen and oxygen atoms in total. The Bertz CT molecular complexity index is 754. The molecular formula is C14H13N3O3S. The van der Waals surface area contributed by atoms with Crippen LogP contribution in [-0.4, -0.2) is 24.3 Å². The van der Waals surface area contributed by atoms with Crippen LogP contribution in [0.15, 0.2) is 47.6 Å². The summed E-state index contributed by atoms with van der Waals surface area (Å²) in [6, 6.07) is 7.72. The van der Waals surface area contributed by atoms with Gasteiger partial charge in [-0.3, -0.25) is 4.79 Å². The largest absolute Gasteiger partial charge is 0.268 e. The van der Waals surface area contributed by atoms with Gasteiger partial charge < -0.3 is 0 Å². The maximum Gasteiger partial charge on any atom is 0.268 e. The summed E-state index contributed by atoms with van der Waals surface area (Å²) in [6.45, 7) is 0. The minimum Gasteiger partial charge on any atom is -0.268 e. The number of rotatable bonds is 4. The van der Waals surface area contributed by atoms with Crippen LogP contribution < -0.4 is 4.72 Å². The standard InChI is InChI=1S/C14H13N3O3S/c18-14(11-8-15-13(16-9-11)10-6-7-10)17-21(19,20)12-4-2-1-3-5-12/h1-5,8-10H,6-7H2,(H,17,18). The van der Waals surface area contributed by atoms with Crippen LogP contribution in [0.3, 0.4) is 0 Å². The first-order valence-corrected chi connectivity index (χ1v) is 7.99. The number of hydrogen-bond acceptors (Lipinski definition) is 5. The molecule has 21 heavy (non-hydrogen) atoms. The topological polar surface area (TPSA) is 89.0 Å². The van der Waals surface area contributed by atoms with Gasteiger partial charge in [0.05, 0.1) is 10.5 Å². The molecule has 1 aliphatic rings.